The Morgan fingerprint density at radius 2 is 1.86 bits per heavy atom. The maximum Gasteiger partial charge on any atom is 0.0851 e. The molecule has 0 aliphatic carbocycles. The second-order valence-corrected chi connectivity index (χ2v) is 3.78. The second-order valence-electron chi connectivity index (χ2n) is 3.03. The maximum atomic E-state index is 6.14. The van der Waals surface area contributed by atoms with E-state index in [0.29, 0.717) is 15.7 Å². The lowest BCUT2D eigenvalue weighted by atomic mass is 10.0. The fourth-order valence-corrected chi connectivity index (χ4v) is 2.09. The molecule has 0 aromatic heterocycles. The smallest absolute Gasteiger partial charge is 0.0851 e. The van der Waals surface area contributed by atoms with Crippen LogP contribution in [0.3, 0.4) is 0 Å². The van der Waals surface area contributed by atoms with Crippen molar-refractivity contribution in [2.24, 2.45) is 4.99 Å². The van der Waals surface area contributed by atoms with Crippen molar-refractivity contribution in [3.8, 4) is 0 Å². The number of nitrogens with zero attached hydrogens (tertiary/aromatic N) is 1. The van der Waals surface area contributed by atoms with Crippen molar-refractivity contribution in [3.63, 3.8) is 0 Å². The summed E-state index contributed by atoms with van der Waals surface area (Å²) in [4.78, 5) is 3.85. The molecule has 14 heavy (non-hydrogen) atoms. The SMILES string of the molecule is C=Nc1cc(CC)c(CC)c(Cl)c1Cl. The molecule has 0 heterocycles. The van der Waals surface area contributed by atoms with E-state index in [-0.39, 0.29) is 0 Å². The molecule has 0 spiro atoms. The zero-order chi connectivity index (χ0) is 10.7. The van der Waals surface area contributed by atoms with Gasteiger partial charge in [0, 0.05) is 0 Å². The first-order valence-electron chi connectivity index (χ1n) is 4.62. The molecule has 0 aliphatic rings. The lowest BCUT2D eigenvalue weighted by Crippen LogP contribution is -1.93. The average Bonchev–Trinajstić information content (AvgIpc) is 2.21. The van der Waals surface area contributed by atoms with Crippen LogP contribution in [-0.2, 0) is 12.8 Å². The second kappa shape index (κ2) is 4.81. The van der Waals surface area contributed by atoms with Crippen LogP contribution in [0.25, 0.3) is 0 Å². The summed E-state index contributed by atoms with van der Waals surface area (Å²) in [6.45, 7) is 7.63. The fourth-order valence-electron chi connectivity index (χ4n) is 1.51. The average molecular weight is 230 g/mol. The number of halogens is 2. The fraction of sp³-hybridized carbons (Fsp3) is 0.364. The Hall–Kier alpha value is -0.530. The number of hydrogen-bond acceptors (Lipinski definition) is 1. The van der Waals surface area contributed by atoms with Crippen LogP contribution in [0.15, 0.2) is 11.1 Å². The first-order chi connectivity index (χ1) is 6.65. The summed E-state index contributed by atoms with van der Waals surface area (Å²) in [7, 11) is 0. The number of hydrogen-bond donors (Lipinski definition) is 0. The van der Waals surface area contributed by atoms with Crippen LogP contribution in [-0.4, -0.2) is 6.72 Å². The van der Waals surface area contributed by atoms with E-state index in [1.165, 1.54) is 5.56 Å². The van der Waals surface area contributed by atoms with Crippen LogP contribution >= 0.6 is 23.2 Å². The van der Waals surface area contributed by atoms with Gasteiger partial charge < -0.3 is 0 Å². The Bertz CT molecular complexity index is 359. The highest BCUT2D eigenvalue weighted by Crippen LogP contribution is 2.37. The predicted molar refractivity (Wildman–Crippen MR) is 64.4 cm³/mol. The van der Waals surface area contributed by atoms with Gasteiger partial charge in [-0.3, -0.25) is 4.99 Å². The van der Waals surface area contributed by atoms with Crippen molar-refractivity contribution in [2.45, 2.75) is 26.7 Å². The third kappa shape index (κ3) is 1.94. The van der Waals surface area contributed by atoms with Crippen LogP contribution in [0, 0.1) is 0 Å². The highest BCUT2D eigenvalue weighted by Gasteiger charge is 2.12. The van der Waals surface area contributed by atoms with Gasteiger partial charge in [-0.05, 0) is 36.8 Å². The molecule has 76 valence electrons. The maximum absolute atomic E-state index is 6.14. The molecular weight excluding hydrogens is 217 g/mol. The molecule has 0 fully saturated rings. The van der Waals surface area contributed by atoms with Gasteiger partial charge in [0.15, 0.2) is 0 Å². The summed E-state index contributed by atoms with van der Waals surface area (Å²) >= 11 is 12.2. The third-order valence-corrected chi connectivity index (χ3v) is 3.18. The Balaban J connectivity index is 3.45. The van der Waals surface area contributed by atoms with E-state index in [9.17, 15) is 0 Å². The van der Waals surface area contributed by atoms with Crippen LogP contribution in [0.5, 0.6) is 0 Å². The van der Waals surface area contributed by atoms with E-state index < -0.39 is 0 Å². The summed E-state index contributed by atoms with van der Waals surface area (Å²) in [6, 6.07) is 1.96. The number of benzene rings is 1. The molecule has 1 rings (SSSR count). The molecule has 1 nitrogen and oxygen atoms in total. The van der Waals surface area contributed by atoms with Gasteiger partial charge in [0.05, 0.1) is 15.7 Å². The molecule has 0 atom stereocenters. The molecule has 3 heteroatoms. The van der Waals surface area contributed by atoms with Gasteiger partial charge in [-0.1, -0.05) is 37.0 Å². The summed E-state index contributed by atoms with van der Waals surface area (Å²) in [5.41, 5.74) is 2.99. The Kier molecular flexibility index (Phi) is 3.97. The zero-order valence-electron chi connectivity index (χ0n) is 8.40. The molecule has 0 N–H and O–H groups in total. The largest absolute Gasteiger partial charge is 0.263 e. The Morgan fingerprint density at radius 3 is 2.29 bits per heavy atom. The summed E-state index contributed by atoms with van der Waals surface area (Å²) in [5, 5.41) is 1.13. The third-order valence-electron chi connectivity index (χ3n) is 2.29. The molecule has 0 saturated heterocycles. The highest BCUT2D eigenvalue weighted by atomic mass is 35.5. The van der Waals surface area contributed by atoms with Crippen molar-refractivity contribution in [2.75, 3.05) is 0 Å². The summed E-state index contributed by atoms with van der Waals surface area (Å²) in [5.74, 6) is 0. The number of aryl methyl sites for hydroxylation is 1. The number of rotatable bonds is 3. The Morgan fingerprint density at radius 1 is 1.21 bits per heavy atom. The molecule has 1 aromatic carbocycles. The van der Waals surface area contributed by atoms with E-state index in [0.717, 1.165) is 18.4 Å². The standard InChI is InChI=1S/C11H13Cl2N/c1-4-7-6-9(14-3)11(13)10(12)8(7)5-2/h6H,3-5H2,1-2H3. The highest BCUT2D eigenvalue weighted by molar-refractivity contribution is 6.44. The molecule has 0 bridgehead atoms. The lowest BCUT2D eigenvalue weighted by Gasteiger charge is -2.11. The van der Waals surface area contributed by atoms with Gasteiger partial charge >= 0.3 is 0 Å². The first kappa shape index (κ1) is 11.5. The molecule has 0 unspecified atom stereocenters. The minimum atomic E-state index is 0.510. The van der Waals surface area contributed by atoms with Crippen molar-refractivity contribution in [3.05, 3.63) is 27.2 Å². The molecule has 0 radical (unpaired) electrons. The molecule has 1 aromatic rings. The number of aliphatic imine (C=N–C) groups is 1. The van der Waals surface area contributed by atoms with Gasteiger partial charge in [0.1, 0.15) is 0 Å². The van der Waals surface area contributed by atoms with Crippen molar-refractivity contribution < 1.29 is 0 Å². The van der Waals surface area contributed by atoms with E-state index in [1.54, 1.807) is 0 Å². The van der Waals surface area contributed by atoms with Crippen LogP contribution < -0.4 is 0 Å². The minimum Gasteiger partial charge on any atom is -0.263 e. The normalized spacial score (nSPS) is 10.3. The monoisotopic (exact) mass is 229 g/mol. The minimum absolute atomic E-state index is 0.510. The van der Waals surface area contributed by atoms with Crippen molar-refractivity contribution in [1.29, 1.82) is 0 Å². The Labute approximate surface area is 94.8 Å². The van der Waals surface area contributed by atoms with E-state index in [4.69, 9.17) is 23.2 Å². The topological polar surface area (TPSA) is 12.4 Å². The summed E-state index contributed by atoms with van der Waals surface area (Å²) < 4.78 is 0. The van der Waals surface area contributed by atoms with Crippen LogP contribution in [0.2, 0.25) is 10.0 Å². The zero-order valence-corrected chi connectivity index (χ0v) is 9.91. The van der Waals surface area contributed by atoms with Crippen molar-refractivity contribution >= 4 is 35.6 Å². The van der Waals surface area contributed by atoms with Crippen LogP contribution in [0.1, 0.15) is 25.0 Å². The van der Waals surface area contributed by atoms with Gasteiger partial charge in [-0.2, -0.15) is 0 Å². The molecule has 0 aliphatic heterocycles. The van der Waals surface area contributed by atoms with Gasteiger partial charge in [-0.25, -0.2) is 0 Å². The molecule has 0 saturated carbocycles. The van der Waals surface area contributed by atoms with E-state index >= 15 is 0 Å². The predicted octanol–water partition coefficient (Wildman–Crippen LogP) is 4.45. The first-order valence-corrected chi connectivity index (χ1v) is 5.37. The van der Waals surface area contributed by atoms with Gasteiger partial charge in [0.25, 0.3) is 0 Å². The quantitative estimate of drug-likeness (QED) is 0.680. The molecular formula is C11H13Cl2N. The lowest BCUT2D eigenvalue weighted by molar-refractivity contribution is 1.04. The van der Waals surface area contributed by atoms with E-state index in [1.807, 2.05) is 6.07 Å². The summed E-state index contributed by atoms with van der Waals surface area (Å²) in [6.07, 6.45) is 1.82. The molecule has 0 amide bonds. The van der Waals surface area contributed by atoms with Gasteiger partial charge in [-0.15, -0.1) is 0 Å². The van der Waals surface area contributed by atoms with Crippen LogP contribution in [0.4, 0.5) is 5.69 Å². The van der Waals surface area contributed by atoms with E-state index in [2.05, 4.69) is 25.6 Å². The van der Waals surface area contributed by atoms with Gasteiger partial charge in [0.2, 0.25) is 0 Å². The van der Waals surface area contributed by atoms with Crippen molar-refractivity contribution in [1.82, 2.24) is 0 Å².